The van der Waals surface area contributed by atoms with Gasteiger partial charge in [-0.15, -0.1) is 0 Å². The Kier molecular flexibility index (Phi) is 7.12. The number of hydrogen-bond acceptors (Lipinski definition) is 8. The number of aromatic nitrogens is 5. The molecule has 0 bridgehead atoms. The maximum Gasteiger partial charge on any atom is 0.305 e. The minimum Gasteiger partial charge on any atom is -0.474 e. The highest BCUT2D eigenvalue weighted by Crippen LogP contribution is 2.31. The molecule has 0 aliphatic carbocycles. The highest BCUT2D eigenvalue weighted by Gasteiger charge is 2.17. The van der Waals surface area contributed by atoms with Gasteiger partial charge in [0.15, 0.2) is 0 Å². The van der Waals surface area contributed by atoms with E-state index in [1.54, 1.807) is 19.2 Å². The van der Waals surface area contributed by atoms with E-state index in [-0.39, 0.29) is 12.1 Å². The molecule has 0 aliphatic heterocycles. The number of aryl methyl sites for hydroxylation is 2. The molecule has 0 radical (unpaired) electrons. The SMILES string of the molecule is CCOC(=O)CCCn1ncc2c(C)c(-c3noc(-c4cnc(OC(C)C)c(Cl)c4)n3)ccc21. The van der Waals surface area contributed by atoms with Crippen LogP contribution in [-0.2, 0) is 16.1 Å². The average molecular weight is 484 g/mol. The second-order valence-corrected chi connectivity index (χ2v) is 8.46. The largest absolute Gasteiger partial charge is 0.474 e. The second kappa shape index (κ2) is 10.2. The van der Waals surface area contributed by atoms with Gasteiger partial charge >= 0.3 is 5.97 Å². The van der Waals surface area contributed by atoms with Gasteiger partial charge in [-0.1, -0.05) is 16.8 Å². The van der Waals surface area contributed by atoms with Crippen LogP contribution in [-0.4, -0.2) is 43.6 Å². The zero-order valence-electron chi connectivity index (χ0n) is 19.5. The molecule has 4 rings (SSSR count). The fourth-order valence-electron chi connectivity index (χ4n) is 3.62. The second-order valence-electron chi connectivity index (χ2n) is 8.05. The van der Waals surface area contributed by atoms with Gasteiger partial charge in [-0.2, -0.15) is 10.1 Å². The number of nitrogens with zero attached hydrogens (tertiary/aromatic N) is 5. The summed E-state index contributed by atoms with van der Waals surface area (Å²) in [4.78, 5) is 20.4. The molecule has 3 heterocycles. The summed E-state index contributed by atoms with van der Waals surface area (Å²) in [7, 11) is 0. The standard InChI is InChI=1S/C24H26ClN5O4/c1-5-32-21(31)7-6-10-30-20-9-8-17(15(4)18(20)13-27-30)22-28-23(34-29-22)16-11-19(25)24(26-12-16)33-14(2)3/h8-9,11-14H,5-7,10H2,1-4H3. The molecule has 178 valence electrons. The zero-order valence-corrected chi connectivity index (χ0v) is 20.3. The minimum absolute atomic E-state index is 0.0364. The summed E-state index contributed by atoms with van der Waals surface area (Å²) in [6.45, 7) is 8.62. The van der Waals surface area contributed by atoms with Gasteiger partial charge in [-0.3, -0.25) is 9.48 Å². The number of hydrogen-bond donors (Lipinski definition) is 0. The van der Waals surface area contributed by atoms with Gasteiger partial charge in [0.2, 0.25) is 11.7 Å². The van der Waals surface area contributed by atoms with Gasteiger partial charge < -0.3 is 14.0 Å². The van der Waals surface area contributed by atoms with E-state index in [1.807, 2.05) is 43.8 Å². The summed E-state index contributed by atoms with van der Waals surface area (Å²) in [6.07, 6.45) is 4.39. The maximum absolute atomic E-state index is 11.6. The van der Waals surface area contributed by atoms with Crippen molar-refractivity contribution in [2.75, 3.05) is 6.61 Å². The lowest BCUT2D eigenvalue weighted by Crippen LogP contribution is -2.07. The maximum atomic E-state index is 11.6. The molecular formula is C24H26ClN5O4. The number of ether oxygens (including phenoxy) is 2. The Morgan fingerprint density at radius 3 is 2.82 bits per heavy atom. The van der Waals surface area contributed by atoms with Crippen LogP contribution in [0.25, 0.3) is 33.7 Å². The molecule has 9 nitrogen and oxygen atoms in total. The van der Waals surface area contributed by atoms with E-state index in [1.165, 1.54) is 0 Å². The van der Waals surface area contributed by atoms with Crippen LogP contribution in [0, 0.1) is 6.92 Å². The van der Waals surface area contributed by atoms with Gasteiger partial charge in [-0.05, 0) is 57.9 Å². The lowest BCUT2D eigenvalue weighted by molar-refractivity contribution is -0.143. The Morgan fingerprint density at radius 1 is 1.26 bits per heavy atom. The summed E-state index contributed by atoms with van der Waals surface area (Å²) in [5.41, 5.74) is 3.41. The first-order valence-corrected chi connectivity index (χ1v) is 11.5. The molecule has 10 heteroatoms. The van der Waals surface area contributed by atoms with Crippen molar-refractivity contribution >= 4 is 28.5 Å². The van der Waals surface area contributed by atoms with Crippen molar-refractivity contribution in [1.82, 2.24) is 24.9 Å². The van der Waals surface area contributed by atoms with E-state index >= 15 is 0 Å². The van der Waals surface area contributed by atoms with Crippen molar-refractivity contribution in [3.05, 3.63) is 41.2 Å². The molecule has 0 fully saturated rings. The lowest BCUT2D eigenvalue weighted by Gasteiger charge is -2.09. The quantitative estimate of drug-likeness (QED) is 0.297. The third-order valence-electron chi connectivity index (χ3n) is 5.22. The Morgan fingerprint density at radius 2 is 2.09 bits per heavy atom. The molecule has 0 saturated heterocycles. The number of rotatable bonds is 9. The van der Waals surface area contributed by atoms with Crippen molar-refractivity contribution in [2.45, 2.75) is 53.2 Å². The Labute approximate surface area is 202 Å². The highest BCUT2D eigenvalue weighted by molar-refractivity contribution is 6.32. The normalized spacial score (nSPS) is 11.4. The smallest absolute Gasteiger partial charge is 0.305 e. The molecule has 0 unspecified atom stereocenters. The molecule has 0 saturated carbocycles. The van der Waals surface area contributed by atoms with Crippen LogP contribution < -0.4 is 4.74 Å². The van der Waals surface area contributed by atoms with E-state index < -0.39 is 0 Å². The van der Waals surface area contributed by atoms with Gasteiger partial charge in [0.05, 0.1) is 30.0 Å². The first kappa shape index (κ1) is 23.7. The fourth-order valence-corrected chi connectivity index (χ4v) is 3.83. The van der Waals surface area contributed by atoms with E-state index in [0.717, 1.165) is 22.0 Å². The van der Waals surface area contributed by atoms with E-state index in [4.69, 9.17) is 25.6 Å². The predicted molar refractivity (Wildman–Crippen MR) is 128 cm³/mol. The molecule has 0 N–H and O–H groups in total. The van der Waals surface area contributed by atoms with E-state index in [2.05, 4.69) is 20.2 Å². The first-order chi connectivity index (χ1) is 16.4. The summed E-state index contributed by atoms with van der Waals surface area (Å²) in [5.74, 6) is 0.947. The lowest BCUT2D eigenvalue weighted by atomic mass is 10.0. The summed E-state index contributed by atoms with van der Waals surface area (Å²) >= 11 is 6.30. The Balaban J connectivity index is 1.54. The van der Waals surface area contributed by atoms with Crippen LogP contribution in [0.3, 0.4) is 0 Å². The molecule has 0 aliphatic rings. The first-order valence-electron chi connectivity index (χ1n) is 11.1. The van der Waals surface area contributed by atoms with Crippen molar-refractivity contribution in [3.8, 4) is 28.7 Å². The molecule has 4 aromatic rings. The van der Waals surface area contributed by atoms with Crippen LogP contribution in [0.15, 0.2) is 35.1 Å². The highest BCUT2D eigenvalue weighted by atomic mass is 35.5. The van der Waals surface area contributed by atoms with E-state index in [0.29, 0.717) is 54.2 Å². The molecule has 34 heavy (non-hydrogen) atoms. The number of carbonyl (C=O) groups is 1. The third kappa shape index (κ3) is 5.04. The number of fused-ring (bicyclic) bond motifs is 1. The van der Waals surface area contributed by atoms with Crippen LogP contribution in [0.4, 0.5) is 0 Å². The van der Waals surface area contributed by atoms with Crippen molar-refractivity contribution in [1.29, 1.82) is 0 Å². The Bertz CT molecular complexity index is 1310. The summed E-state index contributed by atoms with van der Waals surface area (Å²) in [6, 6.07) is 5.61. The van der Waals surface area contributed by atoms with Crippen molar-refractivity contribution in [2.24, 2.45) is 0 Å². The zero-order chi connectivity index (χ0) is 24.2. The van der Waals surface area contributed by atoms with Crippen LogP contribution in [0.1, 0.15) is 39.2 Å². The minimum atomic E-state index is -0.191. The van der Waals surface area contributed by atoms with Crippen LogP contribution in [0.5, 0.6) is 5.88 Å². The molecule has 0 atom stereocenters. The molecule has 0 amide bonds. The van der Waals surface area contributed by atoms with Crippen molar-refractivity contribution < 1.29 is 18.8 Å². The van der Waals surface area contributed by atoms with Crippen LogP contribution >= 0.6 is 11.6 Å². The number of halogens is 1. The van der Waals surface area contributed by atoms with Gasteiger partial charge in [0, 0.05) is 30.1 Å². The van der Waals surface area contributed by atoms with Crippen molar-refractivity contribution in [3.63, 3.8) is 0 Å². The molecule has 1 aromatic carbocycles. The summed E-state index contributed by atoms with van der Waals surface area (Å²) in [5, 5.41) is 10.0. The number of esters is 1. The number of benzene rings is 1. The summed E-state index contributed by atoms with van der Waals surface area (Å²) < 4.78 is 17.9. The molecule has 3 aromatic heterocycles. The van der Waals surface area contributed by atoms with E-state index in [9.17, 15) is 4.79 Å². The monoisotopic (exact) mass is 483 g/mol. The predicted octanol–water partition coefficient (Wildman–Crippen LogP) is 5.24. The number of carbonyl (C=O) groups excluding carboxylic acids is 1. The van der Waals surface area contributed by atoms with Gasteiger partial charge in [0.25, 0.3) is 5.89 Å². The third-order valence-corrected chi connectivity index (χ3v) is 5.49. The molecule has 0 spiro atoms. The topological polar surface area (TPSA) is 105 Å². The fraction of sp³-hybridized carbons (Fsp3) is 0.375. The average Bonchev–Trinajstić information content (AvgIpc) is 3.44. The van der Waals surface area contributed by atoms with Crippen LogP contribution in [0.2, 0.25) is 5.02 Å². The molecular weight excluding hydrogens is 458 g/mol. The Hall–Kier alpha value is -3.46. The number of pyridine rings is 1. The van der Waals surface area contributed by atoms with Gasteiger partial charge in [0.1, 0.15) is 5.02 Å². The van der Waals surface area contributed by atoms with Gasteiger partial charge in [-0.25, -0.2) is 4.98 Å².